The lowest BCUT2D eigenvalue weighted by atomic mass is 10.1. The Morgan fingerprint density at radius 1 is 1.07 bits per heavy atom. The Kier molecular flexibility index (Phi) is 6.19. The van der Waals surface area contributed by atoms with Gasteiger partial charge in [-0.1, -0.05) is 37.3 Å². The molecule has 1 amide bonds. The molecule has 2 aromatic rings. The molecule has 140 valence electrons. The van der Waals surface area contributed by atoms with E-state index in [1.807, 2.05) is 61.5 Å². The molecule has 1 saturated heterocycles. The molecule has 3 rings (SSSR count). The lowest BCUT2D eigenvalue weighted by Crippen LogP contribution is -2.29. The van der Waals surface area contributed by atoms with Crippen molar-refractivity contribution in [2.24, 2.45) is 4.99 Å². The first kappa shape index (κ1) is 19.0. The van der Waals surface area contributed by atoms with Crippen molar-refractivity contribution in [1.82, 2.24) is 4.90 Å². The van der Waals surface area contributed by atoms with E-state index in [0.29, 0.717) is 28.1 Å². The van der Waals surface area contributed by atoms with Crippen molar-refractivity contribution >= 4 is 34.6 Å². The van der Waals surface area contributed by atoms with Gasteiger partial charge in [0, 0.05) is 12.1 Å². The van der Waals surface area contributed by atoms with Crippen LogP contribution in [0.15, 0.2) is 58.4 Å². The lowest BCUT2D eigenvalue weighted by Gasteiger charge is -2.14. The molecule has 0 aliphatic carbocycles. The Balaban J connectivity index is 1.99. The quantitative estimate of drug-likeness (QED) is 0.679. The fourth-order valence-corrected chi connectivity index (χ4v) is 3.81. The van der Waals surface area contributed by atoms with Crippen LogP contribution in [0, 0.1) is 0 Å². The summed E-state index contributed by atoms with van der Waals surface area (Å²) in [6, 6.07) is 15.3. The number of amides is 1. The molecule has 0 spiro atoms. The first-order valence-electron chi connectivity index (χ1n) is 8.74. The Morgan fingerprint density at radius 2 is 1.85 bits per heavy atom. The molecule has 0 atom stereocenters. The van der Waals surface area contributed by atoms with Crippen LogP contribution in [0.1, 0.15) is 18.9 Å². The van der Waals surface area contributed by atoms with E-state index in [2.05, 4.69) is 4.99 Å². The maximum absolute atomic E-state index is 12.9. The van der Waals surface area contributed by atoms with Crippen LogP contribution in [-0.4, -0.2) is 36.7 Å². The molecule has 27 heavy (non-hydrogen) atoms. The predicted molar refractivity (Wildman–Crippen MR) is 111 cm³/mol. The van der Waals surface area contributed by atoms with Crippen LogP contribution >= 0.6 is 11.8 Å². The number of amidine groups is 1. The normalized spacial score (nSPS) is 17.0. The molecule has 0 radical (unpaired) electrons. The van der Waals surface area contributed by atoms with Gasteiger partial charge in [0.2, 0.25) is 0 Å². The minimum absolute atomic E-state index is 0.0404. The molecule has 5 nitrogen and oxygen atoms in total. The van der Waals surface area contributed by atoms with E-state index in [0.717, 1.165) is 17.7 Å². The average Bonchev–Trinajstić information content (AvgIpc) is 2.97. The number of hydrogen-bond acceptors (Lipinski definition) is 5. The number of nitrogens with zero attached hydrogens (tertiary/aromatic N) is 2. The number of benzene rings is 2. The Labute approximate surface area is 163 Å². The third kappa shape index (κ3) is 4.17. The SMILES string of the molecule is CCCN1C(=O)/C(=C\c2cccc(OC)c2OC)SC1=Nc1ccccc1. The highest BCUT2D eigenvalue weighted by molar-refractivity contribution is 8.18. The predicted octanol–water partition coefficient (Wildman–Crippen LogP) is 4.72. The van der Waals surface area contributed by atoms with Gasteiger partial charge in [0.15, 0.2) is 16.7 Å². The van der Waals surface area contributed by atoms with E-state index < -0.39 is 0 Å². The Hall–Kier alpha value is -2.73. The summed E-state index contributed by atoms with van der Waals surface area (Å²) in [4.78, 5) is 20.0. The Morgan fingerprint density at radius 3 is 2.52 bits per heavy atom. The number of thioether (sulfide) groups is 1. The second-order valence-electron chi connectivity index (χ2n) is 5.88. The van der Waals surface area contributed by atoms with E-state index in [4.69, 9.17) is 9.47 Å². The molecule has 0 unspecified atom stereocenters. The number of methoxy groups -OCH3 is 2. The highest BCUT2D eigenvalue weighted by Crippen LogP contribution is 2.38. The lowest BCUT2D eigenvalue weighted by molar-refractivity contribution is -0.122. The van der Waals surface area contributed by atoms with Crippen LogP contribution in [-0.2, 0) is 4.79 Å². The number of carbonyl (C=O) groups is 1. The van der Waals surface area contributed by atoms with E-state index >= 15 is 0 Å². The summed E-state index contributed by atoms with van der Waals surface area (Å²) in [6.45, 7) is 2.68. The smallest absolute Gasteiger partial charge is 0.266 e. The van der Waals surface area contributed by atoms with Crippen molar-refractivity contribution in [2.75, 3.05) is 20.8 Å². The van der Waals surface area contributed by atoms with Crippen LogP contribution in [0.5, 0.6) is 11.5 Å². The molecule has 1 aliphatic heterocycles. The number of aliphatic imine (C=N–C) groups is 1. The maximum atomic E-state index is 12.9. The zero-order valence-electron chi connectivity index (χ0n) is 15.6. The van der Waals surface area contributed by atoms with Crippen molar-refractivity contribution in [2.45, 2.75) is 13.3 Å². The summed E-state index contributed by atoms with van der Waals surface area (Å²) < 4.78 is 10.8. The fraction of sp³-hybridized carbons (Fsp3) is 0.238. The second kappa shape index (κ2) is 8.77. The highest BCUT2D eigenvalue weighted by atomic mass is 32.2. The van der Waals surface area contributed by atoms with Gasteiger partial charge < -0.3 is 9.47 Å². The zero-order chi connectivity index (χ0) is 19.2. The highest BCUT2D eigenvalue weighted by Gasteiger charge is 2.33. The summed E-state index contributed by atoms with van der Waals surface area (Å²) in [5.74, 6) is 1.20. The van der Waals surface area contributed by atoms with E-state index in [1.54, 1.807) is 19.1 Å². The van der Waals surface area contributed by atoms with Gasteiger partial charge in [0.05, 0.1) is 24.8 Å². The first-order valence-corrected chi connectivity index (χ1v) is 9.55. The molecule has 6 heteroatoms. The largest absolute Gasteiger partial charge is 0.493 e. The minimum atomic E-state index is -0.0404. The molecule has 0 aromatic heterocycles. The molecule has 1 aliphatic rings. The fourth-order valence-electron chi connectivity index (χ4n) is 2.79. The maximum Gasteiger partial charge on any atom is 0.266 e. The monoisotopic (exact) mass is 382 g/mol. The first-order chi connectivity index (χ1) is 13.2. The van der Waals surface area contributed by atoms with E-state index in [1.165, 1.54) is 11.8 Å². The van der Waals surface area contributed by atoms with Gasteiger partial charge in [-0.05, 0) is 42.5 Å². The van der Waals surface area contributed by atoms with E-state index in [-0.39, 0.29) is 5.91 Å². The summed E-state index contributed by atoms with van der Waals surface area (Å²) in [7, 11) is 3.19. The summed E-state index contributed by atoms with van der Waals surface area (Å²) >= 11 is 1.38. The summed E-state index contributed by atoms with van der Waals surface area (Å²) in [5.41, 5.74) is 1.62. The molecule has 0 bridgehead atoms. The number of hydrogen-bond donors (Lipinski definition) is 0. The number of ether oxygens (including phenoxy) is 2. The molecule has 0 saturated carbocycles. The van der Waals surface area contributed by atoms with Crippen LogP contribution in [0.25, 0.3) is 6.08 Å². The topological polar surface area (TPSA) is 51.1 Å². The molecule has 1 fully saturated rings. The Bertz CT molecular complexity index is 878. The van der Waals surface area contributed by atoms with Gasteiger partial charge in [0.1, 0.15) is 0 Å². The molecular weight excluding hydrogens is 360 g/mol. The van der Waals surface area contributed by atoms with Gasteiger partial charge in [-0.15, -0.1) is 0 Å². The number of carbonyl (C=O) groups excluding carboxylic acids is 1. The minimum Gasteiger partial charge on any atom is -0.493 e. The summed E-state index contributed by atoms with van der Waals surface area (Å²) in [6.07, 6.45) is 2.69. The molecule has 2 aromatic carbocycles. The standard InChI is InChI=1S/C21H22N2O3S/c1-4-13-23-20(24)18(27-21(23)22-16-10-6-5-7-11-16)14-15-9-8-12-17(25-2)19(15)26-3/h5-12,14H,4,13H2,1-3H3/b18-14+,22-21?. The van der Waals surface area contributed by atoms with E-state index in [9.17, 15) is 4.79 Å². The molecule has 0 N–H and O–H groups in total. The third-order valence-corrected chi connectivity index (χ3v) is 5.04. The van der Waals surface area contributed by atoms with Gasteiger partial charge >= 0.3 is 0 Å². The number of rotatable bonds is 6. The van der Waals surface area contributed by atoms with Gasteiger partial charge in [-0.3, -0.25) is 9.69 Å². The molecule has 1 heterocycles. The van der Waals surface area contributed by atoms with Crippen molar-refractivity contribution in [1.29, 1.82) is 0 Å². The average molecular weight is 382 g/mol. The van der Waals surface area contributed by atoms with Gasteiger partial charge in [0.25, 0.3) is 5.91 Å². The van der Waals surface area contributed by atoms with Crippen molar-refractivity contribution in [3.8, 4) is 11.5 Å². The summed E-state index contributed by atoms with van der Waals surface area (Å²) in [5, 5.41) is 0.696. The third-order valence-electron chi connectivity index (χ3n) is 4.04. The van der Waals surface area contributed by atoms with Crippen LogP contribution in [0.3, 0.4) is 0 Å². The second-order valence-corrected chi connectivity index (χ2v) is 6.89. The van der Waals surface area contributed by atoms with Gasteiger partial charge in [-0.2, -0.15) is 0 Å². The number of para-hydroxylation sites is 2. The van der Waals surface area contributed by atoms with Crippen molar-refractivity contribution in [3.05, 3.63) is 59.0 Å². The molecular formula is C21H22N2O3S. The van der Waals surface area contributed by atoms with Gasteiger partial charge in [-0.25, -0.2) is 4.99 Å². The van der Waals surface area contributed by atoms with Crippen LogP contribution < -0.4 is 9.47 Å². The van der Waals surface area contributed by atoms with Crippen LogP contribution in [0.4, 0.5) is 5.69 Å². The van der Waals surface area contributed by atoms with Crippen molar-refractivity contribution < 1.29 is 14.3 Å². The van der Waals surface area contributed by atoms with Crippen LogP contribution in [0.2, 0.25) is 0 Å². The van der Waals surface area contributed by atoms with Crippen molar-refractivity contribution in [3.63, 3.8) is 0 Å². The zero-order valence-corrected chi connectivity index (χ0v) is 16.5.